The van der Waals surface area contributed by atoms with Crippen LogP contribution in [0.2, 0.25) is 5.02 Å². The molecule has 0 saturated carbocycles. The van der Waals surface area contributed by atoms with Crippen LogP contribution in [0.25, 0.3) is 0 Å². The molecule has 2 aromatic rings. The summed E-state index contributed by atoms with van der Waals surface area (Å²) in [5.41, 5.74) is 1.10. The van der Waals surface area contributed by atoms with Crippen LogP contribution in [-0.4, -0.2) is 36.2 Å². The van der Waals surface area contributed by atoms with Crippen LogP contribution >= 0.6 is 11.6 Å². The van der Waals surface area contributed by atoms with Gasteiger partial charge in [0.2, 0.25) is 0 Å². The van der Waals surface area contributed by atoms with Gasteiger partial charge in [0.1, 0.15) is 17.1 Å². The predicted molar refractivity (Wildman–Crippen MR) is 88.9 cm³/mol. The minimum atomic E-state index is 0.448. The van der Waals surface area contributed by atoms with Crippen LogP contribution in [0.3, 0.4) is 0 Å². The lowest BCUT2D eigenvalue weighted by Gasteiger charge is -2.33. The van der Waals surface area contributed by atoms with Crippen molar-refractivity contribution in [1.82, 2.24) is 9.97 Å². The third-order valence-electron chi connectivity index (χ3n) is 3.88. The van der Waals surface area contributed by atoms with E-state index < -0.39 is 0 Å². The van der Waals surface area contributed by atoms with Crippen molar-refractivity contribution in [3.05, 3.63) is 41.8 Å². The van der Waals surface area contributed by atoms with Gasteiger partial charge in [-0.2, -0.15) is 0 Å². The number of methoxy groups -OCH3 is 1. The van der Waals surface area contributed by atoms with E-state index in [9.17, 15) is 0 Å². The molecule has 0 spiro atoms. The van der Waals surface area contributed by atoms with Crippen molar-refractivity contribution < 1.29 is 4.74 Å². The van der Waals surface area contributed by atoms with E-state index in [1.807, 2.05) is 18.2 Å². The summed E-state index contributed by atoms with van der Waals surface area (Å²) >= 11 is 6.16. The van der Waals surface area contributed by atoms with Crippen molar-refractivity contribution >= 4 is 23.1 Å². The molecule has 116 valence electrons. The molecule has 5 nitrogen and oxygen atoms in total. The molecule has 0 bridgehead atoms. The first-order valence-corrected chi connectivity index (χ1v) is 7.75. The zero-order chi connectivity index (χ0) is 15.4. The van der Waals surface area contributed by atoms with E-state index >= 15 is 0 Å². The molecule has 1 aromatic carbocycles. The highest BCUT2D eigenvalue weighted by atomic mass is 35.5. The third kappa shape index (κ3) is 3.42. The molecule has 0 aliphatic carbocycles. The van der Waals surface area contributed by atoms with Crippen molar-refractivity contribution in [3.8, 4) is 5.75 Å². The topological polar surface area (TPSA) is 50.3 Å². The van der Waals surface area contributed by atoms with Gasteiger partial charge < -0.3 is 15.0 Å². The van der Waals surface area contributed by atoms with E-state index in [0.29, 0.717) is 11.1 Å². The molecule has 0 unspecified atom stereocenters. The van der Waals surface area contributed by atoms with Crippen LogP contribution < -0.4 is 15.0 Å². The molecule has 1 aliphatic heterocycles. The fourth-order valence-corrected chi connectivity index (χ4v) is 2.95. The number of nitrogens with zero attached hydrogens (tertiary/aromatic N) is 3. The predicted octanol–water partition coefficient (Wildman–Crippen LogP) is 3.22. The van der Waals surface area contributed by atoms with Crippen LogP contribution in [0, 0.1) is 0 Å². The molecule has 1 aliphatic rings. The highest BCUT2D eigenvalue weighted by Gasteiger charge is 2.21. The summed E-state index contributed by atoms with van der Waals surface area (Å²) in [5.74, 6) is 1.70. The minimum absolute atomic E-state index is 0.448. The third-order valence-corrected chi connectivity index (χ3v) is 4.15. The number of hydrogen-bond acceptors (Lipinski definition) is 5. The maximum Gasteiger partial charge on any atom is 0.150 e. The van der Waals surface area contributed by atoms with Gasteiger partial charge in [0.15, 0.2) is 5.82 Å². The summed E-state index contributed by atoms with van der Waals surface area (Å²) in [6.07, 6.45) is 5.27. The first kappa shape index (κ1) is 14.9. The number of halogens is 1. The molecule has 3 rings (SSSR count). The molecule has 1 fully saturated rings. The Bertz CT molecular complexity index is 629. The zero-order valence-corrected chi connectivity index (χ0v) is 13.3. The maximum atomic E-state index is 6.16. The number of rotatable bonds is 4. The standard InChI is InChI=1S/C16H19ClN4O/c1-22-14-4-2-3-13(9-14)20-12-5-7-21(8-6-12)16-15(17)10-18-11-19-16/h2-4,9-12,20H,5-8H2,1H3. The van der Waals surface area contributed by atoms with E-state index in [0.717, 1.165) is 43.2 Å². The van der Waals surface area contributed by atoms with Crippen molar-refractivity contribution in [3.63, 3.8) is 0 Å². The van der Waals surface area contributed by atoms with Gasteiger partial charge in [-0.25, -0.2) is 9.97 Å². The summed E-state index contributed by atoms with van der Waals surface area (Å²) in [4.78, 5) is 10.4. The Morgan fingerprint density at radius 2 is 2.14 bits per heavy atom. The summed E-state index contributed by atoms with van der Waals surface area (Å²) in [5, 5.41) is 4.18. The Labute approximate surface area is 135 Å². The van der Waals surface area contributed by atoms with Crippen LogP contribution in [0.5, 0.6) is 5.75 Å². The molecule has 0 atom stereocenters. The highest BCUT2D eigenvalue weighted by Crippen LogP contribution is 2.26. The molecule has 1 N–H and O–H groups in total. The molecule has 0 radical (unpaired) electrons. The van der Waals surface area contributed by atoms with Crippen molar-refractivity contribution in [1.29, 1.82) is 0 Å². The van der Waals surface area contributed by atoms with Gasteiger partial charge in [0.25, 0.3) is 0 Å². The normalized spacial score (nSPS) is 15.6. The number of nitrogens with one attached hydrogen (secondary N) is 1. The van der Waals surface area contributed by atoms with Gasteiger partial charge in [-0.15, -0.1) is 0 Å². The van der Waals surface area contributed by atoms with Crippen molar-refractivity contribution in [2.75, 3.05) is 30.4 Å². The Morgan fingerprint density at radius 3 is 2.86 bits per heavy atom. The molecule has 2 heterocycles. The molecular formula is C16H19ClN4O. The number of benzene rings is 1. The average molecular weight is 319 g/mol. The van der Waals surface area contributed by atoms with Crippen LogP contribution in [0.15, 0.2) is 36.8 Å². The lowest BCUT2D eigenvalue weighted by molar-refractivity contribution is 0.415. The SMILES string of the molecule is COc1cccc(NC2CCN(c3ncncc3Cl)CC2)c1. The summed E-state index contributed by atoms with van der Waals surface area (Å²) < 4.78 is 5.26. The number of piperidine rings is 1. The monoisotopic (exact) mass is 318 g/mol. The zero-order valence-electron chi connectivity index (χ0n) is 12.5. The number of ether oxygens (including phenoxy) is 1. The smallest absolute Gasteiger partial charge is 0.150 e. The largest absolute Gasteiger partial charge is 0.497 e. The van der Waals surface area contributed by atoms with E-state index in [2.05, 4.69) is 26.3 Å². The Kier molecular flexibility index (Phi) is 4.63. The van der Waals surface area contributed by atoms with Gasteiger partial charge in [0, 0.05) is 30.9 Å². The number of aromatic nitrogens is 2. The van der Waals surface area contributed by atoms with Crippen molar-refractivity contribution in [2.24, 2.45) is 0 Å². The Balaban J connectivity index is 1.59. The quantitative estimate of drug-likeness (QED) is 0.938. The molecule has 22 heavy (non-hydrogen) atoms. The van der Waals surface area contributed by atoms with E-state index in [-0.39, 0.29) is 0 Å². The van der Waals surface area contributed by atoms with Gasteiger partial charge in [0.05, 0.1) is 13.3 Å². The fraction of sp³-hybridized carbons (Fsp3) is 0.375. The summed E-state index contributed by atoms with van der Waals surface area (Å²) in [7, 11) is 1.68. The molecule has 0 amide bonds. The van der Waals surface area contributed by atoms with Gasteiger partial charge >= 0.3 is 0 Å². The van der Waals surface area contributed by atoms with E-state index in [1.165, 1.54) is 0 Å². The van der Waals surface area contributed by atoms with Gasteiger partial charge in [-0.3, -0.25) is 0 Å². The Hall–Kier alpha value is -2.01. The fourth-order valence-electron chi connectivity index (χ4n) is 2.72. The summed E-state index contributed by atoms with van der Waals surface area (Å²) in [6, 6.07) is 8.48. The lowest BCUT2D eigenvalue weighted by Crippen LogP contribution is -2.39. The van der Waals surface area contributed by atoms with Gasteiger partial charge in [-0.1, -0.05) is 17.7 Å². The second-order valence-corrected chi connectivity index (χ2v) is 5.74. The summed E-state index contributed by atoms with van der Waals surface area (Å²) in [6.45, 7) is 1.86. The first-order valence-electron chi connectivity index (χ1n) is 7.37. The number of hydrogen-bond donors (Lipinski definition) is 1. The molecule has 1 aromatic heterocycles. The number of anilines is 2. The average Bonchev–Trinajstić information content (AvgIpc) is 2.56. The van der Waals surface area contributed by atoms with Crippen LogP contribution in [0.1, 0.15) is 12.8 Å². The highest BCUT2D eigenvalue weighted by molar-refractivity contribution is 6.32. The molecular weight excluding hydrogens is 300 g/mol. The van der Waals surface area contributed by atoms with E-state index in [1.54, 1.807) is 19.6 Å². The molecule has 1 saturated heterocycles. The van der Waals surface area contributed by atoms with E-state index in [4.69, 9.17) is 16.3 Å². The second kappa shape index (κ2) is 6.83. The van der Waals surface area contributed by atoms with Crippen LogP contribution in [0.4, 0.5) is 11.5 Å². The van der Waals surface area contributed by atoms with Gasteiger partial charge in [-0.05, 0) is 25.0 Å². The minimum Gasteiger partial charge on any atom is -0.497 e. The maximum absolute atomic E-state index is 6.16. The Morgan fingerprint density at radius 1 is 1.32 bits per heavy atom. The second-order valence-electron chi connectivity index (χ2n) is 5.33. The van der Waals surface area contributed by atoms with Crippen molar-refractivity contribution in [2.45, 2.75) is 18.9 Å². The van der Waals surface area contributed by atoms with Crippen LogP contribution in [-0.2, 0) is 0 Å². The molecule has 6 heteroatoms. The lowest BCUT2D eigenvalue weighted by atomic mass is 10.0. The first-order chi connectivity index (χ1) is 10.8.